The van der Waals surface area contributed by atoms with Gasteiger partial charge in [0.05, 0.1) is 0 Å². The summed E-state index contributed by atoms with van der Waals surface area (Å²) in [5, 5.41) is 0. The predicted octanol–water partition coefficient (Wildman–Crippen LogP) is 5.92. The van der Waals surface area contributed by atoms with Crippen LogP contribution in [0.5, 0.6) is 0 Å². The van der Waals surface area contributed by atoms with E-state index in [9.17, 15) is 9.59 Å². The topological polar surface area (TPSA) is 37.4 Å². The summed E-state index contributed by atoms with van der Waals surface area (Å²) in [7, 11) is 0. The number of halogens is 1. The number of rotatable bonds is 2. The monoisotopic (exact) mass is 437 g/mol. The zero-order chi connectivity index (χ0) is 20.1. The zero-order valence-corrected chi connectivity index (χ0v) is 18.0. The van der Waals surface area contributed by atoms with Crippen LogP contribution < -0.4 is 4.90 Å². The molecule has 4 heteroatoms. The molecule has 1 heterocycles. The van der Waals surface area contributed by atoms with Crippen molar-refractivity contribution >= 4 is 33.3 Å². The van der Waals surface area contributed by atoms with E-state index in [1.807, 2.05) is 55.5 Å². The first-order chi connectivity index (χ1) is 13.2. The molecule has 4 rings (SSSR count). The van der Waals surface area contributed by atoms with Crippen molar-refractivity contribution in [3.8, 4) is 0 Å². The van der Waals surface area contributed by atoms with Crippen LogP contribution in [0.3, 0.4) is 0 Å². The van der Waals surface area contributed by atoms with Gasteiger partial charge in [0.25, 0.3) is 0 Å². The highest BCUT2D eigenvalue weighted by molar-refractivity contribution is 9.10. The Hall–Kier alpha value is -2.20. The summed E-state index contributed by atoms with van der Waals surface area (Å²) < 4.78 is 0.991. The second kappa shape index (κ2) is 7.00. The lowest BCUT2D eigenvalue weighted by Gasteiger charge is -2.43. The van der Waals surface area contributed by atoms with Gasteiger partial charge in [-0.15, -0.1) is 0 Å². The van der Waals surface area contributed by atoms with Crippen LogP contribution in [0.2, 0.25) is 0 Å². The van der Waals surface area contributed by atoms with Crippen molar-refractivity contribution in [3.05, 3.63) is 75.4 Å². The maximum absolute atomic E-state index is 13.3. The van der Waals surface area contributed by atoms with Crippen LogP contribution in [-0.4, -0.2) is 11.7 Å². The Morgan fingerprint density at radius 1 is 1.04 bits per heavy atom. The van der Waals surface area contributed by atoms with Gasteiger partial charge in [0.2, 0.25) is 5.91 Å². The van der Waals surface area contributed by atoms with Gasteiger partial charge in [0.1, 0.15) is 0 Å². The Kier molecular flexibility index (Phi) is 4.78. The van der Waals surface area contributed by atoms with Crippen LogP contribution in [0.25, 0.3) is 0 Å². The fourth-order valence-electron chi connectivity index (χ4n) is 4.46. The molecule has 0 bridgehead atoms. The minimum atomic E-state index is -0.166. The Morgan fingerprint density at radius 2 is 1.75 bits per heavy atom. The van der Waals surface area contributed by atoms with Gasteiger partial charge in [0, 0.05) is 40.2 Å². The average molecular weight is 438 g/mol. The van der Waals surface area contributed by atoms with Gasteiger partial charge in [-0.3, -0.25) is 14.5 Å². The van der Waals surface area contributed by atoms with E-state index in [-0.39, 0.29) is 23.0 Å². The number of carbonyl (C=O) groups excluding carboxylic acids is 2. The Morgan fingerprint density at radius 3 is 2.43 bits per heavy atom. The molecule has 0 spiro atoms. The molecule has 28 heavy (non-hydrogen) atoms. The van der Waals surface area contributed by atoms with E-state index in [0.717, 1.165) is 39.0 Å². The first-order valence-corrected chi connectivity index (χ1v) is 10.5. The van der Waals surface area contributed by atoms with Crippen LogP contribution in [0.4, 0.5) is 5.69 Å². The van der Waals surface area contributed by atoms with E-state index in [1.165, 1.54) is 0 Å². The molecule has 2 aromatic carbocycles. The molecule has 1 aliphatic carbocycles. The summed E-state index contributed by atoms with van der Waals surface area (Å²) in [5.41, 5.74) is 4.54. The number of allylic oxidation sites excluding steroid dienone is 2. The Bertz CT molecular complexity index is 988. The molecule has 1 unspecified atom stereocenters. The molecule has 0 N–H and O–H groups in total. The van der Waals surface area contributed by atoms with Crippen LogP contribution in [0, 0.1) is 12.3 Å². The maximum Gasteiger partial charge on any atom is 0.232 e. The van der Waals surface area contributed by atoms with Crippen LogP contribution in [-0.2, 0) is 9.59 Å². The number of aryl methyl sites for hydroxylation is 1. The second-order valence-electron chi connectivity index (χ2n) is 8.68. The molecule has 1 amide bonds. The molecular formula is C24H24BrNO2. The van der Waals surface area contributed by atoms with Crippen LogP contribution in [0.15, 0.2) is 64.3 Å². The maximum atomic E-state index is 13.3. The number of carbonyl (C=O) groups is 2. The third kappa shape index (κ3) is 3.46. The zero-order valence-electron chi connectivity index (χ0n) is 16.5. The predicted molar refractivity (Wildman–Crippen MR) is 115 cm³/mol. The molecule has 0 radical (unpaired) electrons. The molecule has 3 nitrogen and oxygen atoms in total. The lowest BCUT2D eigenvalue weighted by molar-refractivity contribution is -0.121. The average Bonchev–Trinajstić information content (AvgIpc) is 2.60. The molecule has 2 aliphatic rings. The first-order valence-electron chi connectivity index (χ1n) is 9.66. The highest BCUT2D eigenvalue weighted by Crippen LogP contribution is 2.48. The standard InChI is InChI=1S/C24H24BrNO2/c1-15-5-4-6-18(11-15)26-20-13-24(2,3)14-21(27)23(20)19(12-22(26)28)16-7-9-17(25)10-8-16/h4-11,19H,12-14H2,1-3H3. The number of Topliss-reactive ketones (excluding diaryl/α,β-unsaturated/α-hetero) is 1. The minimum Gasteiger partial charge on any atom is -0.294 e. The van der Waals surface area contributed by atoms with Crippen molar-refractivity contribution in [2.45, 2.75) is 46.0 Å². The normalized spacial score (nSPS) is 21.7. The summed E-state index contributed by atoms with van der Waals surface area (Å²) in [6.07, 6.45) is 1.57. The van der Waals surface area contributed by atoms with Gasteiger partial charge in [0.15, 0.2) is 5.78 Å². The summed E-state index contributed by atoms with van der Waals surface area (Å²) >= 11 is 3.47. The number of amides is 1. The van der Waals surface area contributed by atoms with Crippen molar-refractivity contribution in [3.63, 3.8) is 0 Å². The van der Waals surface area contributed by atoms with Crippen LogP contribution in [0.1, 0.15) is 50.2 Å². The third-order valence-corrected chi connectivity index (χ3v) is 6.20. The van der Waals surface area contributed by atoms with Gasteiger partial charge in [-0.05, 0) is 54.2 Å². The van der Waals surface area contributed by atoms with Gasteiger partial charge >= 0.3 is 0 Å². The first kappa shape index (κ1) is 19.1. The highest BCUT2D eigenvalue weighted by atomic mass is 79.9. The van der Waals surface area contributed by atoms with Crippen LogP contribution >= 0.6 is 15.9 Å². The SMILES string of the molecule is Cc1cccc(N2C(=O)CC(c3ccc(Br)cc3)C3=C2CC(C)(C)CC3=O)c1. The molecule has 0 aromatic heterocycles. The van der Waals surface area contributed by atoms with Crippen molar-refractivity contribution in [2.75, 3.05) is 4.90 Å². The van der Waals surface area contributed by atoms with E-state index < -0.39 is 0 Å². The number of hydrogen-bond acceptors (Lipinski definition) is 2. The highest BCUT2D eigenvalue weighted by Gasteiger charge is 2.44. The number of ketones is 1. The molecule has 0 saturated carbocycles. The van der Waals surface area contributed by atoms with Crippen molar-refractivity contribution in [1.29, 1.82) is 0 Å². The fourth-order valence-corrected chi connectivity index (χ4v) is 4.73. The second-order valence-corrected chi connectivity index (χ2v) is 9.59. The number of hydrogen-bond donors (Lipinski definition) is 0. The number of nitrogens with zero attached hydrogens (tertiary/aromatic N) is 1. The lowest BCUT2D eigenvalue weighted by atomic mass is 9.69. The van der Waals surface area contributed by atoms with Crippen molar-refractivity contribution < 1.29 is 9.59 Å². The van der Waals surface area contributed by atoms with Crippen molar-refractivity contribution in [1.82, 2.24) is 0 Å². The Labute approximate surface area is 174 Å². The third-order valence-electron chi connectivity index (χ3n) is 5.68. The molecule has 0 fully saturated rings. The molecule has 1 atom stereocenters. The molecule has 144 valence electrons. The van der Waals surface area contributed by atoms with E-state index in [1.54, 1.807) is 4.90 Å². The van der Waals surface area contributed by atoms with Gasteiger partial charge in [-0.2, -0.15) is 0 Å². The number of benzene rings is 2. The van der Waals surface area contributed by atoms with E-state index in [4.69, 9.17) is 0 Å². The summed E-state index contributed by atoms with van der Waals surface area (Å²) in [5.74, 6) is 0.0624. The smallest absolute Gasteiger partial charge is 0.232 e. The number of anilines is 1. The molecule has 2 aromatic rings. The quantitative estimate of drug-likeness (QED) is 0.584. The summed E-state index contributed by atoms with van der Waals surface area (Å²) in [6.45, 7) is 6.24. The summed E-state index contributed by atoms with van der Waals surface area (Å²) in [6, 6.07) is 16.0. The van der Waals surface area contributed by atoms with Gasteiger partial charge in [-0.1, -0.05) is 54.0 Å². The molecular weight excluding hydrogens is 414 g/mol. The molecule has 1 aliphatic heterocycles. The van der Waals surface area contributed by atoms with Gasteiger partial charge < -0.3 is 0 Å². The Balaban J connectivity index is 1.89. The lowest BCUT2D eigenvalue weighted by Crippen LogP contribution is -2.43. The van der Waals surface area contributed by atoms with E-state index >= 15 is 0 Å². The van der Waals surface area contributed by atoms with Gasteiger partial charge in [-0.25, -0.2) is 0 Å². The van der Waals surface area contributed by atoms with E-state index in [0.29, 0.717) is 12.8 Å². The van der Waals surface area contributed by atoms with Crippen molar-refractivity contribution in [2.24, 2.45) is 5.41 Å². The molecule has 0 saturated heterocycles. The minimum absolute atomic E-state index is 0.0581. The largest absolute Gasteiger partial charge is 0.294 e. The fraction of sp³-hybridized carbons (Fsp3) is 0.333. The summed E-state index contributed by atoms with van der Waals surface area (Å²) in [4.78, 5) is 28.3. The van der Waals surface area contributed by atoms with E-state index in [2.05, 4.69) is 29.8 Å².